The van der Waals surface area contributed by atoms with Crippen molar-refractivity contribution in [3.05, 3.63) is 125 Å². The van der Waals surface area contributed by atoms with Crippen molar-refractivity contribution < 1.29 is 22.7 Å². The molecule has 35 heavy (non-hydrogen) atoms. The molecule has 1 heterocycles. The normalized spacial score (nSPS) is 11.3. The molecule has 0 saturated heterocycles. The smallest absolute Gasteiger partial charge is 0.416 e. The Morgan fingerprint density at radius 3 is 2.26 bits per heavy atom. The molecule has 180 valence electrons. The van der Waals surface area contributed by atoms with Gasteiger partial charge in [-0.2, -0.15) is 13.2 Å². The first-order valence-corrected chi connectivity index (χ1v) is 11.1. The minimum atomic E-state index is -4.40. The van der Waals surface area contributed by atoms with Crippen LogP contribution in [0.2, 0.25) is 0 Å². The molecule has 0 N–H and O–H groups in total. The second-order valence-electron chi connectivity index (χ2n) is 8.20. The topological polar surface area (TPSA) is 34.5 Å². The van der Waals surface area contributed by atoms with E-state index in [4.69, 9.17) is 4.74 Å². The number of rotatable bonds is 8. The number of hydrogen-bond acceptors (Lipinski definition) is 2. The summed E-state index contributed by atoms with van der Waals surface area (Å²) in [4.78, 5) is 15.2. The lowest BCUT2D eigenvalue weighted by Crippen LogP contribution is -2.31. The van der Waals surface area contributed by atoms with Crippen LogP contribution in [0.5, 0.6) is 5.75 Å². The van der Waals surface area contributed by atoms with Gasteiger partial charge in [-0.25, -0.2) is 0 Å². The molecule has 4 aromatic rings. The zero-order chi connectivity index (χ0) is 24.8. The predicted octanol–water partition coefficient (Wildman–Crippen LogP) is 6.41. The molecular weight excluding hydrogens is 453 g/mol. The molecular formula is C28H25F3N2O2. The number of hydrogen-bond donors (Lipinski definition) is 0. The van der Waals surface area contributed by atoms with Crippen LogP contribution in [0.3, 0.4) is 0 Å². The van der Waals surface area contributed by atoms with Crippen LogP contribution >= 0.6 is 0 Å². The maximum absolute atomic E-state index is 13.5. The highest BCUT2D eigenvalue weighted by Crippen LogP contribution is 2.30. The summed E-state index contributed by atoms with van der Waals surface area (Å²) in [6.07, 6.45) is -2.58. The molecule has 0 fully saturated rings. The van der Waals surface area contributed by atoms with Gasteiger partial charge in [0, 0.05) is 30.5 Å². The molecule has 4 rings (SSSR count). The van der Waals surface area contributed by atoms with E-state index >= 15 is 0 Å². The van der Waals surface area contributed by atoms with E-state index < -0.39 is 11.7 Å². The van der Waals surface area contributed by atoms with E-state index in [1.807, 2.05) is 53.2 Å². The highest BCUT2D eigenvalue weighted by molar-refractivity contribution is 5.94. The van der Waals surface area contributed by atoms with Crippen molar-refractivity contribution >= 4 is 5.91 Å². The monoisotopic (exact) mass is 478 g/mol. The Labute approximate surface area is 202 Å². The summed E-state index contributed by atoms with van der Waals surface area (Å²) in [5.41, 5.74) is 2.18. The van der Waals surface area contributed by atoms with Gasteiger partial charge in [0.2, 0.25) is 0 Å². The fraction of sp³-hybridized carbons (Fsp3) is 0.179. The van der Waals surface area contributed by atoms with Gasteiger partial charge in [0.15, 0.2) is 0 Å². The van der Waals surface area contributed by atoms with Gasteiger partial charge in [-0.1, -0.05) is 42.5 Å². The molecule has 0 atom stereocenters. The summed E-state index contributed by atoms with van der Waals surface area (Å²) in [5.74, 6) is 0.509. The van der Waals surface area contributed by atoms with Crippen LogP contribution in [0, 0.1) is 0 Å². The zero-order valence-electron chi connectivity index (χ0n) is 19.2. The minimum Gasteiger partial charge on any atom is -0.497 e. The first-order valence-electron chi connectivity index (χ1n) is 11.1. The Bertz CT molecular complexity index is 1270. The molecule has 0 radical (unpaired) electrons. The summed E-state index contributed by atoms with van der Waals surface area (Å²) < 4.78 is 46.5. The molecule has 1 amide bonds. The van der Waals surface area contributed by atoms with E-state index in [2.05, 4.69) is 0 Å². The largest absolute Gasteiger partial charge is 0.497 e. The lowest BCUT2D eigenvalue weighted by Gasteiger charge is -2.24. The predicted molar refractivity (Wildman–Crippen MR) is 128 cm³/mol. The number of carbonyl (C=O) groups excluding carboxylic acids is 1. The van der Waals surface area contributed by atoms with Gasteiger partial charge in [0.25, 0.3) is 5.91 Å². The first kappa shape index (κ1) is 24.1. The van der Waals surface area contributed by atoms with Crippen molar-refractivity contribution in [1.29, 1.82) is 0 Å². The summed E-state index contributed by atoms with van der Waals surface area (Å²) >= 11 is 0. The van der Waals surface area contributed by atoms with Crippen molar-refractivity contribution in [1.82, 2.24) is 9.47 Å². The maximum Gasteiger partial charge on any atom is 0.416 e. The summed E-state index contributed by atoms with van der Waals surface area (Å²) in [5, 5.41) is 0. The highest BCUT2D eigenvalue weighted by atomic mass is 19.4. The van der Waals surface area contributed by atoms with Gasteiger partial charge in [-0.05, 0) is 59.7 Å². The highest BCUT2D eigenvalue weighted by Gasteiger charge is 2.30. The van der Waals surface area contributed by atoms with E-state index in [1.54, 1.807) is 42.3 Å². The fourth-order valence-electron chi connectivity index (χ4n) is 3.90. The van der Waals surface area contributed by atoms with E-state index in [1.165, 1.54) is 6.07 Å². The van der Waals surface area contributed by atoms with Crippen molar-refractivity contribution in [2.45, 2.75) is 25.8 Å². The second-order valence-corrected chi connectivity index (χ2v) is 8.20. The van der Waals surface area contributed by atoms with E-state index in [0.717, 1.165) is 23.4 Å². The van der Waals surface area contributed by atoms with Gasteiger partial charge in [0.05, 0.1) is 19.2 Å². The number of methoxy groups -OCH3 is 1. The van der Waals surface area contributed by atoms with E-state index in [9.17, 15) is 18.0 Å². The Morgan fingerprint density at radius 1 is 0.857 bits per heavy atom. The quantitative estimate of drug-likeness (QED) is 0.293. The van der Waals surface area contributed by atoms with Crippen molar-refractivity contribution in [3.8, 4) is 5.75 Å². The number of halogens is 3. The van der Waals surface area contributed by atoms with Crippen LogP contribution in [0.25, 0.3) is 0 Å². The third-order valence-corrected chi connectivity index (χ3v) is 5.72. The molecule has 0 aliphatic rings. The van der Waals surface area contributed by atoms with Gasteiger partial charge in [-0.3, -0.25) is 4.79 Å². The summed E-state index contributed by atoms with van der Waals surface area (Å²) in [6.45, 7) is 0.953. The Morgan fingerprint density at radius 2 is 1.57 bits per heavy atom. The van der Waals surface area contributed by atoms with Crippen LogP contribution in [-0.2, 0) is 25.8 Å². The number of carbonyl (C=O) groups is 1. The van der Waals surface area contributed by atoms with Gasteiger partial charge in [0.1, 0.15) is 5.75 Å². The third kappa shape index (κ3) is 6.12. The molecule has 0 unspecified atom stereocenters. The molecule has 0 aliphatic heterocycles. The Hall–Kier alpha value is -4.00. The molecule has 0 saturated carbocycles. The van der Waals surface area contributed by atoms with E-state index in [0.29, 0.717) is 30.0 Å². The number of alkyl halides is 3. The molecule has 0 bridgehead atoms. The lowest BCUT2D eigenvalue weighted by atomic mass is 10.1. The average Bonchev–Trinajstić information content (AvgIpc) is 3.30. The second kappa shape index (κ2) is 10.5. The van der Waals surface area contributed by atoms with Crippen LogP contribution in [0.15, 0.2) is 97.2 Å². The van der Waals surface area contributed by atoms with Crippen molar-refractivity contribution in [2.75, 3.05) is 7.11 Å². The van der Waals surface area contributed by atoms with Crippen LogP contribution in [0.1, 0.15) is 32.7 Å². The Kier molecular flexibility index (Phi) is 7.25. The number of aromatic nitrogens is 1. The SMILES string of the molecule is COc1ccc(C(=O)N(Cc2ccccc2)Cc2cccn2Cc2cccc(C(F)(F)F)c2)cc1. The molecule has 4 nitrogen and oxygen atoms in total. The molecule has 7 heteroatoms. The molecule has 1 aromatic heterocycles. The van der Waals surface area contributed by atoms with Crippen LogP contribution in [-0.4, -0.2) is 22.5 Å². The van der Waals surface area contributed by atoms with Gasteiger partial charge in [-0.15, -0.1) is 0 Å². The van der Waals surface area contributed by atoms with Gasteiger partial charge >= 0.3 is 6.18 Å². The number of amides is 1. The Balaban J connectivity index is 1.59. The summed E-state index contributed by atoms with van der Waals surface area (Å²) in [7, 11) is 1.57. The maximum atomic E-state index is 13.5. The van der Waals surface area contributed by atoms with Gasteiger partial charge < -0.3 is 14.2 Å². The standard InChI is InChI=1S/C28H25F3N2O2/c1-35-26-14-12-23(13-15-26)27(34)33(18-21-7-3-2-4-8-21)20-25-11-6-16-32(25)19-22-9-5-10-24(17-22)28(29,30)31/h2-17H,18-20H2,1H3. The first-order chi connectivity index (χ1) is 16.8. The molecule has 0 spiro atoms. The number of ether oxygens (including phenoxy) is 1. The summed E-state index contributed by atoms with van der Waals surface area (Å²) in [6, 6.07) is 25.6. The number of benzene rings is 3. The number of nitrogens with zero attached hydrogens (tertiary/aromatic N) is 2. The van der Waals surface area contributed by atoms with E-state index in [-0.39, 0.29) is 12.5 Å². The third-order valence-electron chi connectivity index (χ3n) is 5.72. The molecule has 0 aliphatic carbocycles. The van der Waals surface area contributed by atoms with Crippen LogP contribution in [0.4, 0.5) is 13.2 Å². The zero-order valence-corrected chi connectivity index (χ0v) is 19.2. The minimum absolute atomic E-state index is 0.150. The lowest BCUT2D eigenvalue weighted by molar-refractivity contribution is -0.137. The van der Waals surface area contributed by atoms with Crippen molar-refractivity contribution in [3.63, 3.8) is 0 Å². The van der Waals surface area contributed by atoms with Crippen molar-refractivity contribution in [2.24, 2.45) is 0 Å². The fourth-order valence-corrected chi connectivity index (χ4v) is 3.90. The van der Waals surface area contributed by atoms with Crippen LogP contribution < -0.4 is 4.74 Å². The molecule has 3 aromatic carbocycles. The average molecular weight is 479 g/mol.